The van der Waals surface area contributed by atoms with Crippen LogP contribution in [0.5, 0.6) is 0 Å². The number of halogens is 4. The summed E-state index contributed by atoms with van der Waals surface area (Å²) >= 11 is 0. The van der Waals surface area contributed by atoms with Gasteiger partial charge in [0.2, 0.25) is 0 Å². The van der Waals surface area contributed by atoms with Crippen molar-refractivity contribution >= 4 is 6.08 Å². The third kappa shape index (κ3) is 5.19. The van der Waals surface area contributed by atoms with E-state index in [0.717, 1.165) is 32.1 Å². The van der Waals surface area contributed by atoms with Crippen LogP contribution in [-0.2, 0) is 9.47 Å². The van der Waals surface area contributed by atoms with Gasteiger partial charge in [-0.25, -0.2) is 17.6 Å². The van der Waals surface area contributed by atoms with Gasteiger partial charge in [-0.15, -0.1) is 0 Å². The first kappa shape index (κ1) is 24.5. The highest BCUT2D eigenvalue weighted by molar-refractivity contribution is 5.52. The molecule has 6 heteroatoms. The van der Waals surface area contributed by atoms with Gasteiger partial charge < -0.3 is 9.47 Å². The zero-order chi connectivity index (χ0) is 24.5. The molecule has 35 heavy (non-hydrogen) atoms. The fraction of sp³-hybridized carbons (Fsp3) is 0.517. The summed E-state index contributed by atoms with van der Waals surface area (Å²) < 4.78 is 69.5. The lowest BCUT2D eigenvalue weighted by Gasteiger charge is -2.28. The fourth-order valence-electron chi connectivity index (χ4n) is 5.62. The summed E-state index contributed by atoms with van der Waals surface area (Å²) in [5.74, 6) is -2.50. The second-order valence-electron chi connectivity index (χ2n) is 10.2. The molecule has 2 nitrogen and oxygen atoms in total. The van der Waals surface area contributed by atoms with Crippen LogP contribution in [-0.4, -0.2) is 13.2 Å². The van der Waals surface area contributed by atoms with Crippen LogP contribution < -0.4 is 0 Å². The second-order valence-corrected chi connectivity index (χ2v) is 10.2. The van der Waals surface area contributed by atoms with Gasteiger partial charge in [0.15, 0.2) is 23.3 Å². The summed E-state index contributed by atoms with van der Waals surface area (Å²) in [5, 5.41) is 0. The number of hydrogen-bond acceptors (Lipinski definition) is 2. The van der Waals surface area contributed by atoms with Crippen molar-refractivity contribution in [1.29, 1.82) is 0 Å². The molecule has 5 rings (SSSR count). The van der Waals surface area contributed by atoms with Crippen molar-refractivity contribution in [2.24, 2.45) is 11.8 Å². The molecule has 3 fully saturated rings. The highest BCUT2D eigenvalue weighted by Gasteiger charge is 2.32. The first-order valence-electron chi connectivity index (χ1n) is 12.8. The topological polar surface area (TPSA) is 21.8 Å². The summed E-state index contributed by atoms with van der Waals surface area (Å²) in [7, 11) is 0. The van der Waals surface area contributed by atoms with E-state index in [0.29, 0.717) is 37.5 Å². The van der Waals surface area contributed by atoms with Crippen LogP contribution in [0.2, 0.25) is 0 Å². The Morgan fingerprint density at radius 3 is 1.91 bits per heavy atom. The Labute approximate surface area is 204 Å². The minimum Gasteiger partial charge on any atom is -0.373 e. The molecule has 2 aromatic rings. The quantitative estimate of drug-likeness (QED) is 0.302. The van der Waals surface area contributed by atoms with Crippen LogP contribution in [0.4, 0.5) is 17.6 Å². The van der Waals surface area contributed by atoms with Gasteiger partial charge in [0.1, 0.15) is 6.10 Å². The van der Waals surface area contributed by atoms with Crippen molar-refractivity contribution in [3.63, 3.8) is 0 Å². The Morgan fingerprint density at radius 1 is 0.714 bits per heavy atom. The molecule has 0 radical (unpaired) electrons. The van der Waals surface area contributed by atoms with Crippen molar-refractivity contribution in [3.8, 4) is 0 Å². The number of hydrogen-bond donors (Lipinski definition) is 0. The Morgan fingerprint density at radius 2 is 1.31 bits per heavy atom. The van der Waals surface area contributed by atoms with Crippen molar-refractivity contribution in [1.82, 2.24) is 0 Å². The summed E-state index contributed by atoms with van der Waals surface area (Å²) in [6.45, 7) is 2.90. The maximum absolute atomic E-state index is 14.9. The van der Waals surface area contributed by atoms with Gasteiger partial charge in [-0.1, -0.05) is 49.8 Å². The van der Waals surface area contributed by atoms with Crippen molar-refractivity contribution in [2.75, 3.05) is 13.2 Å². The molecule has 0 spiro atoms. The van der Waals surface area contributed by atoms with Gasteiger partial charge in [-0.3, -0.25) is 0 Å². The predicted molar refractivity (Wildman–Crippen MR) is 127 cm³/mol. The molecule has 2 saturated heterocycles. The number of ether oxygens (including phenoxy) is 2. The van der Waals surface area contributed by atoms with Crippen LogP contribution in [0.1, 0.15) is 92.2 Å². The molecule has 3 unspecified atom stereocenters. The molecule has 0 bridgehead atoms. The number of benzene rings is 2. The molecule has 0 amide bonds. The lowest BCUT2D eigenvalue weighted by Crippen LogP contribution is -2.20. The van der Waals surface area contributed by atoms with Gasteiger partial charge in [-0.2, -0.15) is 0 Å². The molecule has 2 aliphatic heterocycles. The molecule has 0 N–H and O–H groups in total. The third-order valence-electron chi connectivity index (χ3n) is 8.03. The smallest absolute Gasteiger partial charge is 0.166 e. The van der Waals surface area contributed by atoms with Gasteiger partial charge in [0, 0.05) is 22.6 Å². The maximum Gasteiger partial charge on any atom is 0.166 e. The SMILES string of the molecule is CCC1CCC(c2ccc(/C=C/C3CCC(c4ccc(C5CO5)c(F)c4F)OC3)c(F)c2F)CC1. The third-order valence-corrected chi connectivity index (χ3v) is 8.03. The minimum atomic E-state index is -0.877. The number of rotatable bonds is 6. The van der Waals surface area contributed by atoms with Gasteiger partial charge in [-0.05, 0) is 55.9 Å². The van der Waals surface area contributed by atoms with Crippen molar-refractivity contribution in [2.45, 2.75) is 70.0 Å². The zero-order valence-electron chi connectivity index (χ0n) is 20.0. The number of epoxide rings is 1. The molecule has 3 atom stereocenters. The minimum absolute atomic E-state index is 0.00949. The molecular formula is C29H32F4O2. The van der Waals surface area contributed by atoms with E-state index in [4.69, 9.17) is 9.47 Å². The lowest BCUT2D eigenvalue weighted by molar-refractivity contribution is -0.00728. The van der Waals surface area contributed by atoms with Crippen LogP contribution >= 0.6 is 0 Å². The van der Waals surface area contributed by atoms with Gasteiger partial charge >= 0.3 is 0 Å². The van der Waals surface area contributed by atoms with Crippen LogP contribution in [0, 0.1) is 35.1 Å². The monoisotopic (exact) mass is 488 g/mol. The molecular weight excluding hydrogens is 456 g/mol. The van der Waals surface area contributed by atoms with Gasteiger partial charge in [0.25, 0.3) is 0 Å². The predicted octanol–water partition coefficient (Wildman–Crippen LogP) is 8.18. The van der Waals surface area contributed by atoms with Crippen molar-refractivity contribution in [3.05, 3.63) is 75.9 Å². The van der Waals surface area contributed by atoms with E-state index in [2.05, 4.69) is 6.92 Å². The van der Waals surface area contributed by atoms with Crippen molar-refractivity contribution < 1.29 is 27.0 Å². The Kier molecular flexibility index (Phi) is 7.31. The highest BCUT2D eigenvalue weighted by Crippen LogP contribution is 2.40. The Bertz CT molecular complexity index is 1080. The average Bonchev–Trinajstić information content (AvgIpc) is 3.72. The molecule has 1 saturated carbocycles. The molecule has 1 aliphatic carbocycles. The lowest BCUT2D eigenvalue weighted by atomic mass is 9.77. The van der Waals surface area contributed by atoms with Crippen LogP contribution in [0.3, 0.4) is 0 Å². The summed E-state index contributed by atoms with van der Waals surface area (Å²) in [4.78, 5) is 0. The van der Waals surface area contributed by atoms with E-state index in [-0.39, 0.29) is 34.6 Å². The molecule has 2 aromatic carbocycles. The van der Waals surface area contributed by atoms with E-state index in [1.54, 1.807) is 30.3 Å². The van der Waals surface area contributed by atoms with Crippen LogP contribution in [0.25, 0.3) is 6.08 Å². The Balaban J connectivity index is 1.20. The molecule has 2 heterocycles. The normalized spacial score (nSPS) is 29.0. The second kappa shape index (κ2) is 10.4. The van der Waals surface area contributed by atoms with Gasteiger partial charge in [0.05, 0.1) is 19.3 Å². The first-order chi connectivity index (χ1) is 17.0. The standard InChI is InChI=1S/C29H32F4O2/c1-2-17-3-7-19(8-4-17)21-11-10-20(26(30)27(21)31)9-5-18-6-14-24(34-15-18)22-12-13-23(25-16-35-25)29(33)28(22)32/h5,9-13,17-19,24-25H,2-4,6-8,14-16H2,1H3/b9-5+. The molecule has 3 aliphatic rings. The molecule has 188 valence electrons. The van der Waals surface area contributed by atoms with Crippen LogP contribution in [0.15, 0.2) is 30.3 Å². The summed E-state index contributed by atoms with van der Waals surface area (Å²) in [5.41, 5.74) is 1.18. The average molecular weight is 489 g/mol. The summed E-state index contributed by atoms with van der Waals surface area (Å²) in [6, 6.07) is 6.53. The van der Waals surface area contributed by atoms with E-state index < -0.39 is 29.4 Å². The first-order valence-corrected chi connectivity index (χ1v) is 12.8. The zero-order valence-corrected chi connectivity index (χ0v) is 20.0. The van der Waals surface area contributed by atoms with E-state index in [1.807, 2.05) is 6.08 Å². The summed E-state index contributed by atoms with van der Waals surface area (Å²) in [6.07, 6.45) is 8.85. The van der Waals surface area contributed by atoms with E-state index in [9.17, 15) is 17.6 Å². The highest BCUT2D eigenvalue weighted by atomic mass is 19.2. The van der Waals surface area contributed by atoms with E-state index in [1.165, 1.54) is 0 Å². The largest absolute Gasteiger partial charge is 0.373 e. The maximum atomic E-state index is 14.9. The van der Waals surface area contributed by atoms with E-state index >= 15 is 0 Å². The fourth-order valence-corrected chi connectivity index (χ4v) is 5.62. The molecule has 0 aromatic heterocycles. The Hall–Kier alpha value is -2.18.